The van der Waals surface area contributed by atoms with Crippen LogP contribution in [0.15, 0.2) is 28.3 Å². The van der Waals surface area contributed by atoms with Gasteiger partial charge in [0.2, 0.25) is 0 Å². The second-order valence-electron chi connectivity index (χ2n) is 4.33. The first-order valence-electron chi connectivity index (χ1n) is 6.20. The summed E-state index contributed by atoms with van der Waals surface area (Å²) in [6.07, 6.45) is 0.818. The molecule has 2 aromatic rings. The molecule has 1 amide bonds. The highest BCUT2D eigenvalue weighted by Crippen LogP contribution is 2.16. The van der Waals surface area contributed by atoms with E-state index >= 15 is 0 Å². The van der Waals surface area contributed by atoms with Crippen LogP contribution in [0, 0.1) is 11.8 Å². The van der Waals surface area contributed by atoms with E-state index in [-0.39, 0.29) is 18.6 Å². The maximum Gasteiger partial charge on any atom is 0.262 e. The molecule has 2 aromatic heterocycles. The Balaban J connectivity index is 1.99. The van der Waals surface area contributed by atoms with Crippen LogP contribution < -0.4 is 5.32 Å². The molecule has 0 fully saturated rings. The number of amides is 1. The Morgan fingerprint density at radius 2 is 2.30 bits per heavy atom. The van der Waals surface area contributed by atoms with E-state index in [0.717, 1.165) is 6.42 Å². The Hall–Kier alpha value is -1.61. The van der Waals surface area contributed by atoms with Gasteiger partial charge >= 0.3 is 0 Å². The molecule has 1 atom stereocenters. The van der Waals surface area contributed by atoms with Crippen LogP contribution in [-0.2, 0) is 6.42 Å². The molecule has 0 aliphatic heterocycles. The Morgan fingerprint density at radius 1 is 1.45 bits per heavy atom. The Kier molecular flexibility index (Phi) is 5.36. The molecule has 0 aliphatic carbocycles. The summed E-state index contributed by atoms with van der Waals surface area (Å²) >= 11 is 3.02. The lowest BCUT2D eigenvalue weighted by molar-refractivity contribution is 0.0944. The molecule has 0 spiro atoms. The van der Waals surface area contributed by atoms with E-state index in [0.29, 0.717) is 10.4 Å². The summed E-state index contributed by atoms with van der Waals surface area (Å²) in [7, 11) is 0. The maximum absolute atomic E-state index is 12.2. The normalized spacial score (nSPS) is 11.5. The highest BCUT2D eigenvalue weighted by molar-refractivity contribution is 7.12. The summed E-state index contributed by atoms with van der Waals surface area (Å²) in [5.74, 6) is 5.26. The van der Waals surface area contributed by atoms with Gasteiger partial charge in [0.25, 0.3) is 5.91 Å². The van der Waals surface area contributed by atoms with Crippen LogP contribution in [0.2, 0.25) is 0 Å². The molecule has 0 aliphatic rings. The summed E-state index contributed by atoms with van der Waals surface area (Å²) in [5.41, 5.74) is 1.90. The predicted octanol–water partition coefficient (Wildman–Crippen LogP) is 2.51. The van der Waals surface area contributed by atoms with E-state index in [4.69, 9.17) is 5.11 Å². The van der Waals surface area contributed by atoms with Crippen molar-refractivity contribution < 1.29 is 9.90 Å². The highest BCUT2D eigenvalue weighted by Gasteiger charge is 2.14. The van der Waals surface area contributed by atoms with Gasteiger partial charge < -0.3 is 10.4 Å². The average Bonchev–Trinajstić information content (AvgIpc) is 3.06. The standard InChI is InChI=1S/C15H15NO2S2/c1-11(9-12-4-7-19-10-12)16-15(18)14-13(3-2-6-17)5-8-20-14/h4-5,7-8,10-11,17H,6,9H2,1H3,(H,16,18). The number of rotatable bonds is 4. The van der Waals surface area contributed by atoms with Crippen molar-refractivity contribution in [2.45, 2.75) is 19.4 Å². The number of carbonyl (C=O) groups is 1. The summed E-state index contributed by atoms with van der Waals surface area (Å²) in [4.78, 5) is 12.8. The lowest BCUT2D eigenvalue weighted by atomic mass is 10.1. The summed E-state index contributed by atoms with van der Waals surface area (Å²) < 4.78 is 0. The van der Waals surface area contributed by atoms with Gasteiger partial charge in [-0.05, 0) is 47.2 Å². The minimum absolute atomic E-state index is 0.0675. The first-order valence-corrected chi connectivity index (χ1v) is 8.02. The number of hydrogen-bond acceptors (Lipinski definition) is 4. The van der Waals surface area contributed by atoms with Gasteiger partial charge in [0.15, 0.2) is 0 Å². The molecule has 1 unspecified atom stereocenters. The van der Waals surface area contributed by atoms with Crippen molar-refractivity contribution in [1.82, 2.24) is 5.32 Å². The molecule has 0 bridgehead atoms. The Morgan fingerprint density at radius 3 is 3.00 bits per heavy atom. The third-order valence-corrected chi connectivity index (χ3v) is 4.32. The fourth-order valence-corrected chi connectivity index (χ4v) is 3.25. The topological polar surface area (TPSA) is 49.3 Å². The lowest BCUT2D eigenvalue weighted by Crippen LogP contribution is -2.33. The average molecular weight is 305 g/mol. The molecule has 0 radical (unpaired) electrons. The predicted molar refractivity (Wildman–Crippen MR) is 83.2 cm³/mol. The quantitative estimate of drug-likeness (QED) is 0.853. The zero-order valence-electron chi connectivity index (χ0n) is 11.1. The van der Waals surface area contributed by atoms with E-state index in [1.165, 1.54) is 16.9 Å². The smallest absolute Gasteiger partial charge is 0.262 e. The summed E-state index contributed by atoms with van der Waals surface area (Å²) in [6.45, 7) is 1.79. The zero-order valence-corrected chi connectivity index (χ0v) is 12.7. The molecule has 0 saturated carbocycles. The molecule has 2 rings (SSSR count). The van der Waals surface area contributed by atoms with Gasteiger partial charge in [0.05, 0.1) is 0 Å². The number of hydrogen-bond donors (Lipinski definition) is 2. The fraction of sp³-hybridized carbons (Fsp3) is 0.267. The van der Waals surface area contributed by atoms with Crippen molar-refractivity contribution in [2.24, 2.45) is 0 Å². The zero-order chi connectivity index (χ0) is 14.4. The van der Waals surface area contributed by atoms with Gasteiger partial charge in [0, 0.05) is 11.6 Å². The highest BCUT2D eigenvalue weighted by atomic mass is 32.1. The molecule has 0 saturated heterocycles. The fourth-order valence-electron chi connectivity index (χ4n) is 1.82. The number of carbonyl (C=O) groups excluding carboxylic acids is 1. The van der Waals surface area contributed by atoms with Crippen LogP contribution in [0.1, 0.15) is 27.7 Å². The molecule has 3 nitrogen and oxygen atoms in total. The van der Waals surface area contributed by atoms with Crippen molar-refractivity contribution >= 4 is 28.6 Å². The van der Waals surface area contributed by atoms with Gasteiger partial charge in [-0.2, -0.15) is 11.3 Å². The first-order chi connectivity index (χ1) is 9.70. The van der Waals surface area contributed by atoms with Crippen molar-refractivity contribution in [2.75, 3.05) is 6.61 Å². The van der Waals surface area contributed by atoms with Crippen LogP contribution >= 0.6 is 22.7 Å². The van der Waals surface area contributed by atoms with Crippen molar-refractivity contribution in [3.8, 4) is 11.8 Å². The van der Waals surface area contributed by atoms with Gasteiger partial charge in [-0.15, -0.1) is 11.3 Å². The van der Waals surface area contributed by atoms with Crippen molar-refractivity contribution in [1.29, 1.82) is 0 Å². The number of thiophene rings is 2. The largest absolute Gasteiger partial charge is 0.384 e. The second-order valence-corrected chi connectivity index (χ2v) is 6.03. The SMILES string of the molecule is CC(Cc1ccsc1)NC(=O)c1sccc1C#CCO. The van der Waals surface area contributed by atoms with E-state index in [9.17, 15) is 4.79 Å². The van der Waals surface area contributed by atoms with Crippen LogP contribution in [0.4, 0.5) is 0 Å². The second kappa shape index (κ2) is 7.25. The van der Waals surface area contributed by atoms with Crippen LogP contribution in [0.5, 0.6) is 0 Å². The van der Waals surface area contributed by atoms with Gasteiger partial charge in [-0.3, -0.25) is 4.79 Å². The van der Waals surface area contributed by atoms with Crippen LogP contribution in [0.3, 0.4) is 0 Å². The minimum Gasteiger partial charge on any atom is -0.384 e. The van der Waals surface area contributed by atoms with Gasteiger partial charge in [-0.25, -0.2) is 0 Å². The molecule has 0 aromatic carbocycles. The number of aliphatic hydroxyl groups excluding tert-OH is 1. The molecule has 2 heterocycles. The summed E-state index contributed by atoms with van der Waals surface area (Å²) in [6, 6.07) is 3.93. The molecule has 20 heavy (non-hydrogen) atoms. The Labute approximate surface area is 126 Å². The Bertz CT molecular complexity index is 620. The van der Waals surface area contributed by atoms with E-state index < -0.39 is 0 Å². The molecular weight excluding hydrogens is 290 g/mol. The molecule has 2 N–H and O–H groups in total. The third kappa shape index (κ3) is 3.94. The summed E-state index contributed by atoms with van der Waals surface area (Å²) in [5, 5.41) is 17.7. The molecule has 5 heteroatoms. The van der Waals surface area contributed by atoms with Gasteiger partial charge in [0.1, 0.15) is 11.5 Å². The molecular formula is C15H15NO2S2. The van der Waals surface area contributed by atoms with Gasteiger partial charge in [-0.1, -0.05) is 11.8 Å². The number of aliphatic hydroxyl groups is 1. The lowest BCUT2D eigenvalue weighted by Gasteiger charge is -2.12. The van der Waals surface area contributed by atoms with E-state index in [1.807, 2.05) is 17.7 Å². The molecule has 104 valence electrons. The third-order valence-electron chi connectivity index (χ3n) is 2.67. The van der Waals surface area contributed by atoms with Crippen LogP contribution in [0.25, 0.3) is 0 Å². The van der Waals surface area contributed by atoms with E-state index in [1.54, 1.807) is 17.4 Å². The monoisotopic (exact) mass is 305 g/mol. The van der Waals surface area contributed by atoms with E-state index in [2.05, 4.69) is 28.6 Å². The maximum atomic E-state index is 12.2. The van der Waals surface area contributed by atoms with Crippen molar-refractivity contribution in [3.05, 3.63) is 44.3 Å². The number of nitrogens with one attached hydrogen (secondary N) is 1. The van der Waals surface area contributed by atoms with Crippen molar-refractivity contribution in [3.63, 3.8) is 0 Å². The van der Waals surface area contributed by atoms with Crippen LogP contribution in [-0.4, -0.2) is 23.7 Å². The first kappa shape index (κ1) is 14.8. The minimum atomic E-state index is -0.203.